The summed E-state index contributed by atoms with van der Waals surface area (Å²) >= 11 is 0. The standard InChI is InChI=1S/C18H31N5O3.2ClH/c1-4-15-20-16(26-21-15)14(2)22-9-11-23(12-10-22)17(24)18(13-25-3)5-7-19-8-6-18;;/h14,19H,4-13H2,1-3H3;2*1H. The first-order valence-electron chi connectivity index (χ1n) is 9.65. The zero-order valence-electron chi connectivity index (χ0n) is 17.0. The molecule has 2 saturated heterocycles. The molecule has 28 heavy (non-hydrogen) atoms. The van der Waals surface area contributed by atoms with Gasteiger partial charge in [-0.05, 0) is 32.9 Å². The van der Waals surface area contributed by atoms with E-state index < -0.39 is 0 Å². The van der Waals surface area contributed by atoms with Gasteiger partial charge in [-0.15, -0.1) is 24.8 Å². The van der Waals surface area contributed by atoms with Gasteiger partial charge in [0, 0.05) is 39.7 Å². The van der Waals surface area contributed by atoms with Crippen LogP contribution in [0, 0.1) is 5.41 Å². The number of piperidine rings is 1. The van der Waals surface area contributed by atoms with Gasteiger partial charge in [-0.1, -0.05) is 12.1 Å². The van der Waals surface area contributed by atoms with Crippen molar-refractivity contribution < 1.29 is 14.1 Å². The van der Waals surface area contributed by atoms with Crippen molar-refractivity contribution in [3.63, 3.8) is 0 Å². The number of aromatic nitrogens is 2. The second kappa shape index (κ2) is 11.3. The van der Waals surface area contributed by atoms with Crippen molar-refractivity contribution >= 4 is 30.7 Å². The van der Waals surface area contributed by atoms with Gasteiger partial charge >= 0.3 is 0 Å². The normalized spacial score (nSPS) is 20.8. The van der Waals surface area contributed by atoms with E-state index in [0.29, 0.717) is 12.5 Å². The summed E-state index contributed by atoms with van der Waals surface area (Å²) in [6, 6.07) is 0.0758. The highest BCUT2D eigenvalue weighted by atomic mass is 35.5. The Morgan fingerprint density at radius 2 is 1.89 bits per heavy atom. The summed E-state index contributed by atoms with van der Waals surface area (Å²) < 4.78 is 10.8. The maximum Gasteiger partial charge on any atom is 0.243 e. The monoisotopic (exact) mass is 437 g/mol. The fraction of sp³-hybridized carbons (Fsp3) is 0.833. The van der Waals surface area contributed by atoms with Gasteiger partial charge < -0.3 is 19.5 Å². The molecule has 1 aromatic rings. The summed E-state index contributed by atoms with van der Waals surface area (Å²) in [5, 5.41) is 7.33. The largest absolute Gasteiger partial charge is 0.384 e. The Morgan fingerprint density at radius 3 is 2.43 bits per heavy atom. The van der Waals surface area contributed by atoms with Crippen molar-refractivity contribution in [3.8, 4) is 0 Å². The number of piperazine rings is 1. The van der Waals surface area contributed by atoms with E-state index >= 15 is 0 Å². The third-order valence-corrected chi connectivity index (χ3v) is 5.74. The molecule has 2 aliphatic rings. The Bertz CT molecular complexity index is 596. The number of amides is 1. The van der Waals surface area contributed by atoms with Gasteiger partial charge in [0.05, 0.1) is 18.1 Å². The Balaban J connectivity index is 0.00000196. The lowest BCUT2D eigenvalue weighted by Crippen LogP contribution is -2.56. The SMILES string of the molecule is CCc1noc(C(C)N2CCN(C(=O)C3(COC)CCNCC3)CC2)n1.Cl.Cl. The summed E-state index contributed by atoms with van der Waals surface area (Å²) in [7, 11) is 1.69. The Morgan fingerprint density at radius 1 is 1.25 bits per heavy atom. The molecule has 0 radical (unpaired) electrons. The van der Waals surface area contributed by atoms with Gasteiger partial charge in [0.2, 0.25) is 11.8 Å². The molecule has 2 fully saturated rings. The molecule has 8 nitrogen and oxygen atoms in total. The number of carbonyl (C=O) groups excluding carboxylic acids is 1. The van der Waals surface area contributed by atoms with Gasteiger partial charge in [0.15, 0.2) is 5.82 Å². The number of halogens is 2. The average Bonchev–Trinajstić information content (AvgIpc) is 3.17. The van der Waals surface area contributed by atoms with E-state index in [1.54, 1.807) is 7.11 Å². The minimum Gasteiger partial charge on any atom is -0.384 e. The van der Waals surface area contributed by atoms with Crippen LogP contribution in [-0.4, -0.2) is 78.8 Å². The number of hydrogen-bond donors (Lipinski definition) is 1. The van der Waals surface area contributed by atoms with Crippen molar-refractivity contribution in [2.24, 2.45) is 5.41 Å². The van der Waals surface area contributed by atoms with Crippen LogP contribution in [0.4, 0.5) is 0 Å². The first kappa shape index (κ1) is 25.1. The van der Waals surface area contributed by atoms with E-state index in [2.05, 4.69) is 27.3 Å². The molecule has 0 aromatic carbocycles. The molecule has 1 N–H and O–H groups in total. The first-order valence-corrected chi connectivity index (χ1v) is 9.65. The predicted octanol–water partition coefficient (Wildman–Crippen LogP) is 1.70. The van der Waals surface area contributed by atoms with Crippen molar-refractivity contribution in [3.05, 3.63) is 11.7 Å². The second-order valence-corrected chi connectivity index (χ2v) is 7.37. The van der Waals surface area contributed by atoms with Crippen LogP contribution in [0.1, 0.15) is 44.4 Å². The van der Waals surface area contributed by atoms with Crippen LogP contribution in [-0.2, 0) is 16.0 Å². The molecular formula is C18H33Cl2N5O3. The summed E-state index contributed by atoms with van der Waals surface area (Å²) in [4.78, 5) is 22.0. The molecule has 162 valence electrons. The number of carbonyl (C=O) groups is 1. The minimum atomic E-state index is -0.365. The Hall–Kier alpha value is -0.930. The number of nitrogens with zero attached hydrogens (tertiary/aromatic N) is 4. The Kier molecular flexibility index (Phi) is 10.1. The van der Waals surface area contributed by atoms with Crippen LogP contribution in [0.3, 0.4) is 0 Å². The van der Waals surface area contributed by atoms with Crippen molar-refractivity contribution in [1.29, 1.82) is 0 Å². The van der Waals surface area contributed by atoms with E-state index in [1.807, 2.05) is 11.8 Å². The second-order valence-electron chi connectivity index (χ2n) is 7.37. The molecule has 0 saturated carbocycles. The first-order chi connectivity index (χ1) is 12.6. The summed E-state index contributed by atoms with van der Waals surface area (Å²) in [5.74, 6) is 1.66. The van der Waals surface area contributed by atoms with E-state index in [4.69, 9.17) is 9.26 Å². The number of methoxy groups -OCH3 is 1. The molecule has 1 atom stereocenters. The lowest BCUT2D eigenvalue weighted by atomic mass is 9.78. The van der Waals surface area contributed by atoms with Crippen molar-refractivity contribution in [1.82, 2.24) is 25.3 Å². The van der Waals surface area contributed by atoms with Crippen LogP contribution in [0.25, 0.3) is 0 Å². The van der Waals surface area contributed by atoms with Gasteiger partial charge in [0.25, 0.3) is 0 Å². The molecule has 3 heterocycles. The molecule has 3 rings (SSSR count). The van der Waals surface area contributed by atoms with Gasteiger partial charge in [-0.3, -0.25) is 9.69 Å². The fourth-order valence-electron chi connectivity index (χ4n) is 3.99. The molecule has 1 unspecified atom stereocenters. The molecule has 2 aliphatic heterocycles. The van der Waals surface area contributed by atoms with Crippen LogP contribution >= 0.6 is 24.8 Å². The lowest BCUT2D eigenvalue weighted by Gasteiger charge is -2.43. The summed E-state index contributed by atoms with van der Waals surface area (Å²) in [5.41, 5.74) is -0.365. The van der Waals surface area contributed by atoms with E-state index in [-0.39, 0.29) is 42.2 Å². The zero-order valence-corrected chi connectivity index (χ0v) is 18.6. The number of rotatable bonds is 6. The lowest BCUT2D eigenvalue weighted by molar-refractivity contribution is -0.149. The fourth-order valence-corrected chi connectivity index (χ4v) is 3.99. The third kappa shape index (κ3) is 5.36. The van der Waals surface area contributed by atoms with Crippen molar-refractivity contribution in [2.45, 2.75) is 39.2 Å². The van der Waals surface area contributed by atoms with E-state index in [9.17, 15) is 4.79 Å². The number of aryl methyl sites for hydroxylation is 1. The van der Waals surface area contributed by atoms with Crippen LogP contribution in [0.5, 0.6) is 0 Å². The molecule has 0 spiro atoms. The van der Waals surface area contributed by atoms with Gasteiger partial charge in [0.1, 0.15) is 0 Å². The number of ether oxygens (including phenoxy) is 1. The Labute approximate surface area is 179 Å². The van der Waals surface area contributed by atoms with Crippen LogP contribution in [0.2, 0.25) is 0 Å². The molecule has 1 amide bonds. The van der Waals surface area contributed by atoms with E-state index in [0.717, 1.165) is 64.4 Å². The highest BCUT2D eigenvalue weighted by Crippen LogP contribution is 2.32. The zero-order chi connectivity index (χ0) is 18.6. The topological polar surface area (TPSA) is 83.7 Å². The van der Waals surface area contributed by atoms with Crippen LogP contribution < -0.4 is 5.32 Å². The highest BCUT2D eigenvalue weighted by molar-refractivity contribution is 5.85. The molecule has 0 aliphatic carbocycles. The summed E-state index contributed by atoms with van der Waals surface area (Å²) in [6.45, 7) is 9.46. The van der Waals surface area contributed by atoms with Gasteiger partial charge in [-0.25, -0.2) is 0 Å². The van der Waals surface area contributed by atoms with Crippen LogP contribution in [0.15, 0.2) is 4.52 Å². The number of nitrogens with one attached hydrogen (secondary N) is 1. The molecule has 10 heteroatoms. The minimum absolute atomic E-state index is 0. The van der Waals surface area contributed by atoms with Crippen molar-refractivity contribution in [2.75, 3.05) is 53.0 Å². The summed E-state index contributed by atoms with van der Waals surface area (Å²) in [6.07, 6.45) is 2.46. The molecule has 0 bridgehead atoms. The smallest absolute Gasteiger partial charge is 0.243 e. The quantitative estimate of drug-likeness (QED) is 0.724. The third-order valence-electron chi connectivity index (χ3n) is 5.74. The van der Waals surface area contributed by atoms with E-state index in [1.165, 1.54) is 0 Å². The maximum atomic E-state index is 13.2. The molecule has 1 aromatic heterocycles. The molecular weight excluding hydrogens is 405 g/mol. The predicted molar refractivity (Wildman–Crippen MR) is 111 cm³/mol. The number of hydrogen-bond acceptors (Lipinski definition) is 7. The average molecular weight is 438 g/mol. The maximum absolute atomic E-state index is 13.2. The highest BCUT2D eigenvalue weighted by Gasteiger charge is 2.43. The van der Waals surface area contributed by atoms with Gasteiger partial charge in [-0.2, -0.15) is 4.98 Å².